The van der Waals surface area contributed by atoms with Crippen molar-refractivity contribution in [3.63, 3.8) is 0 Å². The van der Waals surface area contributed by atoms with Gasteiger partial charge in [-0.05, 0) is 0 Å². The molecule has 1 N–H and O–H groups in total. The molecule has 0 fully saturated rings. The van der Waals surface area contributed by atoms with Crippen LogP contribution < -0.4 is 0 Å². The van der Waals surface area contributed by atoms with Crippen molar-refractivity contribution in [2.45, 2.75) is 6.92 Å². The number of aliphatic carboxylic acids is 1. The number of ketones is 1. The predicted octanol–water partition coefficient (Wildman–Crippen LogP) is -0.621. The van der Waals surface area contributed by atoms with Gasteiger partial charge in [-0.1, -0.05) is 0 Å². The first-order valence-electron chi connectivity index (χ1n) is 1.79. The van der Waals surface area contributed by atoms with Crippen molar-refractivity contribution in [3.8, 4) is 0 Å². The van der Waals surface area contributed by atoms with Crippen LogP contribution in [0.5, 0.6) is 0 Å². The standard InChI is InChI=1S/C4H4O3.Ni/c1-3(5)2-4(6)7;/h1H3,(H,6,7);. The van der Waals surface area contributed by atoms with Crippen molar-refractivity contribution in [2.24, 2.45) is 0 Å². The molecule has 4 heteroatoms. The molecule has 0 spiro atoms. The van der Waals surface area contributed by atoms with Crippen molar-refractivity contribution in [1.82, 2.24) is 0 Å². The molecule has 3 nitrogen and oxygen atoms in total. The minimum absolute atomic E-state index is 0.495. The van der Waals surface area contributed by atoms with Crippen LogP contribution in [0.1, 0.15) is 6.92 Å². The monoisotopic (exact) mass is 158 g/mol. The molecule has 0 aromatic rings. The van der Waals surface area contributed by atoms with Gasteiger partial charge < -0.3 is 0 Å². The minimum atomic E-state index is -1.31. The Morgan fingerprint density at radius 2 is 1.88 bits per heavy atom. The van der Waals surface area contributed by atoms with Gasteiger partial charge in [0.05, 0.1) is 0 Å². The van der Waals surface area contributed by atoms with Gasteiger partial charge in [0.15, 0.2) is 0 Å². The van der Waals surface area contributed by atoms with Crippen LogP contribution in [0.25, 0.3) is 0 Å². The van der Waals surface area contributed by atoms with Crippen LogP contribution in [-0.4, -0.2) is 21.4 Å². The Morgan fingerprint density at radius 3 is 1.88 bits per heavy atom. The Labute approximate surface area is 53.6 Å². The van der Waals surface area contributed by atoms with Gasteiger partial charge in [-0.3, -0.25) is 0 Å². The molecule has 0 amide bonds. The van der Waals surface area contributed by atoms with E-state index in [1.807, 2.05) is 0 Å². The average Bonchev–Trinajstić information content (AvgIpc) is 1.64. The second-order valence-electron chi connectivity index (χ2n) is 1.14. The first kappa shape index (κ1) is 7.50. The summed E-state index contributed by atoms with van der Waals surface area (Å²) < 4.78 is -0.495. The molecular formula is C4H4NiO3. The Bertz CT molecular complexity index is 133. The molecular weight excluding hydrogens is 155 g/mol. The maximum atomic E-state index is 10.1. The summed E-state index contributed by atoms with van der Waals surface area (Å²) in [5.41, 5.74) is 0. The second kappa shape index (κ2) is 2.72. The molecule has 0 bridgehead atoms. The first-order chi connectivity index (χ1) is 3.55. The van der Waals surface area contributed by atoms with Crippen LogP contribution in [-0.2, 0) is 24.6 Å². The Balaban J connectivity index is 4.05. The summed E-state index contributed by atoms with van der Waals surface area (Å²) in [7, 11) is 0. The predicted molar refractivity (Wildman–Crippen MR) is 23.3 cm³/mol. The zero-order valence-electron chi connectivity index (χ0n) is 4.08. The summed E-state index contributed by atoms with van der Waals surface area (Å²) in [4.78, 5) is 19.9. The fourth-order valence-electron chi connectivity index (χ4n) is 0.151. The molecule has 0 aromatic carbocycles. The van der Waals surface area contributed by atoms with E-state index in [0.29, 0.717) is 0 Å². The molecule has 0 unspecified atom stereocenters. The van der Waals surface area contributed by atoms with Gasteiger partial charge in [0.25, 0.3) is 0 Å². The molecule has 0 atom stereocenters. The number of carboxylic acids is 1. The number of Topliss-reactive ketones (excluding diaryl/α,β-unsaturated/α-hetero) is 1. The summed E-state index contributed by atoms with van der Waals surface area (Å²) in [6, 6.07) is 0. The Morgan fingerprint density at radius 1 is 1.50 bits per heavy atom. The molecule has 8 heavy (non-hydrogen) atoms. The van der Waals surface area contributed by atoms with Crippen molar-refractivity contribution in [2.75, 3.05) is 0 Å². The van der Waals surface area contributed by atoms with E-state index in [9.17, 15) is 9.59 Å². The molecule has 0 aliphatic rings. The van der Waals surface area contributed by atoms with Gasteiger partial charge in [-0.15, -0.1) is 0 Å². The SMILES string of the molecule is CC(=O)[C](=[Ni])C(=O)O. The van der Waals surface area contributed by atoms with Gasteiger partial charge in [-0.25, -0.2) is 0 Å². The van der Waals surface area contributed by atoms with Crippen LogP contribution in [0.2, 0.25) is 0 Å². The zero-order chi connectivity index (χ0) is 6.73. The number of hydrogen-bond acceptors (Lipinski definition) is 2. The molecule has 0 aliphatic carbocycles. The van der Waals surface area contributed by atoms with E-state index in [0.717, 1.165) is 6.92 Å². The zero-order valence-corrected chi connectivity index (χ0v) is 5.07. The van der Waals surface area contributed by atoms with Crippen molar-refractivity contribution in [1.29, 1.82) is 0 Å². The normalized spacial score (nSPS) is 8.38. The molecule has 0 saturated heterocycles. The Kier molecular flexibility index (Phi) is 2.56. The number of hydrogen-bond donors (Lipinski definition) is 1. The van der Waals surface area contributed by atoms with Crippen LogP contribution in [0, 0.1) is 0 Å². The number of carboxylic acid groups (broad SMARTS) is 1. The molecule has 0 heterocycles. The topological polar surface area (TPSA) is 54.4 Å². The van der Waals surface area contributed by atoms with E-state index in [4.69, 9.17) is 5.11 Å². The third kappa shape index (κ3) is 1.98. The van der Waals surface area contributed by atoms with Crippen molar-refractivity contribution in [3.05, 3.63) is 0 Å². The average molecular weight is 159 g/mol. The molecule has 0 saturated carbocycles. The molecule has 48 valence electrons. The maximum absolute atomic E-state index is 10.1. The van der Waals surface area contributed by atoms with Crippen LogP contribution in [0.3, 0.4) is 0 Å². The summed E-state index contributed by atoms with van der Waals surface area (Å²) in [5, 5.41) is 8.00. The van der Waals surface area contributed by atoms with Crippen molar-refractivity contribution < 1.29 is 29.7 Å². The van der Waals surface area contributed by atoms with Gasteiger partial charge >= 0.3 is 52.9 Å². The number of carbonyl (C=O) groups excluding carboxylic acids is 1. The summed E-state index contributed by atoms with van der Waals surface area (Å²) in [6.07, 6.45) is 0. The van der Waals surface area contributed by atoms with Crippen LogP contribution in [0.15, 0.2) is 0 Å². The van der Waals surface area contributed by atoms with Gasteiger partial charge in [0.2, 0.25) is 0 Å². The van der Waals surface area contributed by atoms with E-state index in [1.165, 1.54) is 0 Å². The van der Waals surface area contributed by atoms with E-state index in [2.05, 4.69) is 15.0 Å². The number of rotatable bonds is 2. The Hall–Kier alpha value is -0.496. The molecule has 0 aromatic heterocycles. The number of carbonyl (C=O) groups is 2. The second-order valence-corrected chi connectivity index (χ2v) is 1.64. The summed E-state index contributed by atoms with van der Waals surface area (Å²) >= 11 is 3.87. The van der Waals surface area contributed by atoms with Gasteiger partial charge in [0, 0.05) is 0 Å². The quantitative estimate of drug-likeness (QED) is 0.431. The van der Waals surface area contributed by atoms with E-state index in [1.54, 1.807) is 0 Å². The van der Waals surface area contributed by atoms with E-state index in [-0.39, 0.29) is 0 Å². The fourth-order valence-corrected chi connectivity index (χ4v) is 0.151. The van der Waals surface area contributed by atoms with Gasteiger partial charge in [0.1, 0.15) is 0 Å². The van der Waals surface area contributed by atoms with Gasteiger partial charge in [-0.2, -0.15) is 0 Å². The third-order valence-electron chi connectivity index (χ3n) is 0.462. The first-order valence-corrected chi connectivity index (χ1v) is 2.28. The van der Waals surface area contributed by atoms with Crippen molar-refractivity contribution >= 4 is 16.2 Å². The van der Waals surface area contributed by atoms with E-state index < -0.39 is 16.2 Å². The van der Waals surface area contributed by atoms with E-state index >= 15 is 0 Å². The molecule has 0 radical (unpaired) electrons. The molecule has 0 rings (SSSR count). The fraction of sp³-hybridized carbons (Fsp3) is 0.250. The summed E-state index contributed by atoms with van der Waals surface area (Å²) in [6.45, 7) is 1.13. The summed E-state index contributed by atoms with van der Waals surface area (Å²) in [5.74, 6) is -1.87. The van der Waals surface area contributed by atoms with Crippen LogP contribution >= 0.6 is 0 Å². The molecule has 0 aliphatic heterocycles. The van der Waals surface area contributed by atoms with Crippen LogP contribution in [0.4, 0.5) is 0 Å². The third-order valence-corrected chi connectivity index (χ3v) is 1.02.